The zero-order valence-electron chi connectivity index (χ0n) is 12.4. The van der Waals surface area contributed by atoms with E-state index in [9.17, 15) is 4.79 Å². The standard InChI is InChI=1S/C15H23BrN2O.ClH/c1-10(11(2)17)14(19)18-9-15(3,4)12-5-7-13(16)8-6-12;/h5-8,10-11H,9,17H2,1-4H3,(H,18,19);1H. The van der Waals surface area contributed by atoms with E-state index in [4.69, 9.17) is 5.73 Å². The minimum atomic E-state index is -0.166. The van der Waals surface area contributed by atoms with E-state index in [-0.39, 0.29) is 35.7 Å². The predicted octanol–water partition coefficient (Wildman–Crippen LogP) is 3.25. The summed E-state index contributed by atoms with van der Waals surface area (Å²) in [6, 6.07) is 8.06. The van der Waals surface area contributed by atoms with Gasteiger partial charge in [0.1, 0.15) is 0 Å². The van der Waals surface area contributed by atoms with Gasteiger partial charge in [-0.05, 0) is 24.6 Å². The molecule has 2 atom stereocenters. The van der Waals surface area contributed by atoms with Crippen LogP contribution in [0.1, 0.15) is 33.3 Å². The molecule has 0 spiro atoms. The van der Waals surface area contributed by atoms with Crippen molar-refractivity contribution in [2.45, 2.75) is 39.2 Å². The van der Waals surface area contributed by atoms with Crippen LogP contribution in [0.15, 0.2) is 28.7 Å². The average molecular weight is 364 g/mol. The largest absolute Gasteiger partial charge is 0.355 e. The highest BCUT2D eigenvalue weighted by molar-refractivity contribution is 9.10. The van der Waals surface area contributed by atoms with Gasteiger partial charge in [-0.3, -0.25) is 4.79 Å². The Bertz CT molecular complexity index is 432. The van der Waals surface area contributed by atoms with Gasteiger partial charge < -0.3 is 11.1 Å². The lowest BCUT2D eigenvalue weighted by Gasteiger charge is -2.27. The molecule has 0 aliphatic rings. The molecule has 1 rings (SSSR count). The van der Waals surface area contributed by atoms with E-state index in [1.165, 1.54) is 5.56 Å². The molecule has 3 N–H and O–H groups in total. The highest BCUT2D eigenvalue weighted by Gasteiger charge is 2.23. The van der Waals surface area contributed by atoms with Crippen LogP contribution in [0.3, 0.4) is 0 Å². The molecule has 3 nitrogen and oxygen atoms in total. The molecule has 2 unspecified atom stereocenters. The molecule has 0 fully saturated rings. The van der Waals surface area contributed by atoms with E-state index in [0.29, 0.717) is 6.54 Å². The maximum absolute atomic E-state index is 11.9. The molecule has 1 amide bonds. The monoisotopic (exact) mass is 362 g/mol. The molecule has 1 aromatic rings. The van der Waals surface area contributed by atoms with Crippen LogP contribution in [0.2, 0.25) is 0 Å². The normalized spacial score (nSPS) is 14.1. The van der Waals surface area contributed by atoms with Gasteiger partial charge in [-0.1, -0.05) is 48.8 Å². The smallest absolute Gasteiger partial charge is 0.224 e. The second-order valence-electron chi connectivity index (χ2n) is 5.76. The first kappa shape index (κ1) is 19.4. The Morgan fingerprint density at radius 3 is 2.25 bits per heavy atom. The zero-order chi connectivity index (χ0) is 14.6. The first-order valence-electron chi connectivity index (χ1n) is 6.53. The van der Waals surface area contributed by atoms with Gasteiger partial charge in [-0.15, -0.1) is 12.4 Å². The Labute approximate surface area is 136 Å². The zero-order valence-corrected chi connectivity index (χ0v) is 14.8. The second kappa shape index (κ2) is 8.01. The summed E-state index contributed by atoms with van der Waals surface area (Å²) in [5.41, 5.74) is 6.83. The Kier molecular flexibility index (Phi) is 7.78. The quantitative estimate of drug-likeness (QED) is 0.843. The molecule has 0 aromatic heterocycles. The molecule has 0 aliphatic heterocycles. The molecular weight excluding hydrogens is 340 g/mol. The first-order valence-corrected chi connectivity index (χ1v) is 7.32. The highest BCUT2D eigenvalue weighted by Crippen LogP contribution is 2.24. The minimum absolute atomic E-state index is 0. The number of carbonyl (C=O) groups is 1. The van der Waals surface area contributed by atoms with Gasteiger partial charge in [0.15, 0.2) is 0 Å². The molecule has 5 heteroatoms. The third-order valence-corrected chi connectivity index (χ3v) is 4.06. The van der Waals surface area contributed by atoms with Crippen LogP contribution in [-0.4, -0.2) is 18.5 Å². The number of amides is 1. The van der Waals surface area contributed by atoms with Crippen molar-refractivity contribution in [1.82, 2.24) is 5.32 Å². The number of nitrogens with one attached hydrogen (secondary N) is 1. The van der Waals surface area contributed by atoms with Crippen molar-refractivity contribution in [3.05, 3.63) is 34.3 Å². The van der Waals surface area contributed by atoms with Crippen LogP contribution in [0.5, 0.6) is 0 Å². The predicted molar refractivity (Wildman–Crippen MR) is 90.2 cm³/mol. The Balaban J connectivity index is 0.00000361. The van der Waals surface area contributed by atoms with Crippen molar-refractivity contribution in [2.24, 2.45) is 11.7 Å². The molecule has 0 radical (unpaired) electrons. The highest BCUT2D eigenvalue weighted by atomic mass is 79.9. The van der Waals surface area contributed by atoms with Gasteiger partial charge in [0, 0.05) is 28.4 Å². The van der Waals surface area contributed by atoms with Crippen LogP contribution in [0.25, 0.3) is 0 Å². The summed E-state index contributed by atoms with van der Waals surface area (Å²) < 4.78 is 1.06. The second-order valence-corrected chi connectivity index (χ2v) is 6.67. The lowest BCUT2D eigenvalue weighted by molar-refractivity contribution is -0.125. The molecule has 0 saturated heterocycles. The SMILES string of the molecule is CC(N)C(C)C(=O)NCC(C)(C)c1ccc(Br)cc1.Cl. The Morgan fingerprint density at radius 1 is 1.30 bits per heavy atom. The van der Waals surface area contributed by atoms with Crippen molar-refractivity contribution >= 4 is 34.2 Å². The molecule has 0 heterocycles. The first-order chi connectivity index (χ1) is 8.74. The molecule has 0 bridgehead atoms. The van der Waals surface area contributed by atoms with Crippen molar-refractivity contribution in [3.63, 3.8) is 0 Å². The lowest BCUT2D eigenvalue weighted by Crippen LogP contribution is -2.43. The molecule has 114 valence electrons. The van der Waals surface area contributed by atoms with Crippen molar-refractivity contribution < 1.29 is 4.79 Å². The Morgan fingerprint density at radius 2 is 1.80 bits per heavy atom. The van der Waals surface area contributed by atoms with Gasteiger partial charge in [0.2, 0.25) is 5.91 Å². The molecule has 0 aliphatic carbocycles. The van der Waals surface area contributed by atoms with Gasteiger partial charge in [-0.25, -0.2) is 0 Å². The van der Waals surface area contributed by atoms with Gasteiger partial charge in [-0.2, -0.15) is 0 Å². The average Bonchev–Trinajstić information content (AvgIpc) is 2.35. The van der Waals surface area contributed by atoms with Crippen LogP contribution < -0.4 is 11.1 Å². The number of hydrogen-bond donors (Lipinski definition) is 2. The summed E-state index contributed by atoms with van der Waals surface area (Å²) >= 11 is 3.43. The van der Waals surface area contributed by atoms with E-state index in [1.54, 1.807) is 0 Å². The third-order valence-electron chi connectivity index (χ3n) is 3.53. The fourth-order valence-electron chi connectivity index (χ4n) is 1.71. The summed E-state index contributed by atoms with van der Waals surface area (Å²) in [4.78, 5) is 11.9. The fourth-order valence-corrected chi connectivity index (χ4v) is 1.98. The summed E-state index contributed by atoms with van der Waals surface area (Å²) in [7, 11) is 0. The van der Waals surface area contributed by atoms with Crippen LogP contribution in [0, 0.1) is 5.92 Å². The van der Waals surface area contributed by atoms with E-state index in [1.807, 2.05) is 26.0 Å². The number of rotatable bonds is 5. The summed E-state index contributed by atoms with van der Waals surface area (Å²) in [6.45, 7) is 8.54. The maximum atomic E-state index is 11.9. The number of carbonyl (C=O) groups excluding carboxylic acids is 1. The van der Waals surface area contributed by atoms with Crippen LogP contribution in [0.4, 0.5) is 0 Å². The van der Waals surface area contributed by atoms with Crippen molar-refractivity contribution in [3.8, 4) is 0 Å². The lowest BCUT2D eigenvalue weighted by atomic mass is 9.84. The topological polar surface area (TPSA) is 55.1 Å². The summed E-state index contributed by atoms with van der Waals surface area (Å²) in [6.07, 6.45) is 0. The number of hydrogen-bond acceptors (Lipinski definition) is 2. The van der Waals surface area contributed by atoms with Crippen molar-refractivity contribution in [2.75, 3.05) is 6.54 Å². The van der Waals surface area contributed by atoms with E-state index >= 15 is 0 Å². The van der Waals surface area contributed by atoms with Gasteiger partial charge in [0.05, 0.1) is 0 Å². The van der Waals surface area contributed by atoms with E-state index in [0.717, 1.165) is 4.47 Å². The fraction of sp³-hybridized carbons (Fsp3) is 0.533. The number of benzene rings is 1. The van der Waals surface area contributed by atoms with E-state index < -0.39 is 0 Å². The molecular formula is C15H24BrClN2O. The number of nitrogens with two attached hydrogens (primary N) is 1. The molecule has 0 saturated carbocycles. The molecule has 20 heavy (non-hydrogen) atoms. The van der Waals surface area contributed by atoms with Crippen molar-refractivity contribution in [1.29, 1.82) is 0 Å². The van der Waals surface area contributed by atoms with Gasteiger partial charge >= 0.3 is 0 Å². The van der Waals surface area contributed by atoms with E-state index in [2.05, 4.69) is 47.2 Å². The number of halogens is 2. The Hall–Kier alpha value is -0.580. The van der Waals surface area contributed by atoms with Gasteiger partial charge in [0.25, 0.3) is 0 Å². The third kappa shape index (κ3) is 5.43. The maximum Gasteiger partial charge on any atom is 0.224 e. The summed E-state index contributed by atoms with van der Waals surface area (Å²) in [5.74, 6) is -0.152. The molecule has 1 aromatic carbocycles. The van der Waals surface area contributed by atoms with Crippen LogP contribution >= 0.6 is 28.3 Å². The summed E-state index contributed by atoms with van der Waals surface area (Å²) in [5, 5.41) is 2.99. The minimum Gasteiger partial charge on any atom is -0.355 e. The van der Waals surface area contributed by atoms with Crippen LogP contribution in [-0.2, 0) is 10.2 Å².